The standard InChI is InChI=1S/C12H19F3N2O2/c1-17(9-12(13,14)15)6-2-5-11(18)16-10-4-3-7-19-8-10/h2,5,10H,3-4,6-9H2,1H3,(H,16,18)/b5-2+. The lowest BCUT2D eigenvalue weighted by Crippen LogP contribution is -2.39. The fraction of sp³-hybridized carbons (Fsp3) is 0.750. The summed E-state index contributed by atoms with van der Waals surface area (Å²) in [6.07, 6.45) is 0.243. The Kier molecular flexibility index (Phi) is 6.30. The molecule has 1 saturated heterocycles. The summed E-state index contributed by atoms with van der Waals surface area (Å²) in [5, 5.41) is 2.75. The van der Waals surface area contributed by atoms with Crippen LogP contribution in [0.5, 0.6) is 0 Å². The summed E-state index contributed by atoms with van der Waals surface area (Å²) < 4.78 is 41.3. The molecule has 1 unspecified atom stereocenters. The van der Waals surface area contributed by atoms with E-state index in [0.29, 0.717) is 13.2 Å². The first-order valence-electron chi connectivity index (χ1n) is 6.17. The summed E-state index contributed by atoms with van der Waals surface area (Å²) >= 11 is 0. The summed E-state index contributed by atoms with van der Waals surface area (Å²) in [7, 11) is 1.35. The number of rotatable bonds is 5. The third-order valence-electron chi connectivity index (χ3n) is 2.64. The van der Waals surface area contributed by atoms with Crippen LogP contribution in [0.1, 0.15) is 12.8 Å². The Labute approximate surface area is 110 Å². The summed E-state index contributed by atoms with van der Waals surface area (Å²) in [4.78, 5) is 12.6. The number of hydrogen-bond donors (Lipinski definition) is 1. The number of carbonyl (C=O) groups excluding carboxylic acids is 1. The number of alkyl halides is 3. The predicted octanol–water partition coefficient (Wildman–Crippen LogP) is 1.33. The zero-order valence-corrected chi connectivity index (χ0v) is 10.9. The van der Waals surface area contributed by atoms with E-state index in [0.717, 1.165) is 17.7 Å². The quantitative estimate of drug-likeness (QED) is 0.773. The molecule has 0 spiro atoms. The monoisotopic (exact) mass is 280 g/mol. The lowest BCUT2D eigenvalue weighted by molar-refractivity contribution is -0.141. The van der Waals surface area contributed by atoms with Crippen molar-refractivity contribution in [3.63, 3.8) is 0 Å². The topological polar surface area (TPSA) is 41.6 Å². The van der Waals surface area contributed by atoms with E-state index in [9.17, 15) is 18.0 Å². The Bertz CT molecular complexity index is 313. The number of carbonyl (C=O) groups is 1. The average Bonchev–Trinajstić information content (AvgIpc) is 2.27. The van der Waals surface area contributed by atoms with E-state index in [1.54, 1.807) is 0 Å². The van der Waals surface area contributed by atoms with Gasteiger partial charge in [0.05, 0.1) is 19.2 Å². The van der Waals surface area contributed by atoms with Gasteiger partial charge in [-0.3, -0.25) is 9.69 Å². The van der Waals surface area contributed by atoms with Crippen LogP contribution in [-0.4, -0.2) is 56.4 Å². The highest BCUT2D eigenvalue weighted by Gasteiger charge is 2.28. The van der Waals surface area contributed by atoms with Gasteiger partial charge in [-0.1, -0.05) is 6.08 Å². The van der Waals surface area contributed by atoms with Crippen molar-refractivity contribution in [3.05, 3.63) is 12.2 Å². The first-order chi connectivity index (χ1) is 8.87. The van der Waals surface area contributed by atoms with Crippen molar-refractivity contribution in [1.82, 2.24) is 10.2 Å². The summed E-state index contributed by atoms with van der Waals surface area (Å²) in [5.41, 5.74) is 0. The lowest BCUT2D eigenvalue weighted by Gasteiger charge is -2.22. The predicted molar refractivity (Wildman–Crippen MR) is 64.7 cm³/mol. The summed E-state index contributed by atoms with van der Waals surface area (Å²) in [6.45, 7) is 0.293. The molecular formula is C12H19F3N2O2. The van der Waals surface area contributed by atoms with Gasteiger partial charge >= 0.3 is 6.18 Å². The lowest BCUT2D eigenvalue weighted by atomic mass is 10.1. The van der Waals surface area contributed by atoms with Crippen LogP contribution >= 0.6 is 0 Å². The van der Waals surface area contributed by atoms with Crippen molar-refractivity contribution in [1.29, 1.82) is 0 Å². The molecular weight excluding hydrogens is 261 g/mol. The molecule has 0 aliphatic carbocycles. The third-order valence-corrected chi connectivity index (χ3v) is 2.64. The van der Waals surface area contributed by atoms with E-state index in [4.69, 9.17) is 4.74 Å². The maximum absolute atomic E-state index is 12.0. The van der Waals surface area contributed by atoms with Gasteiger partial charge in [-0.05, 0) is 19.9 Å². The van der Waals surface area contributed by atoms with E-state index in [2.05, 4.69) is 5.32 Å². The van der Waals surface area contributed by atoms with Crippen LogP contribution in [0.2, 0.25) is 0 Å². The van der Waals surface area contributed by atoms with Crippen molar-refractivity contribution < 1.29 is 22.7 Å². The van der Waals surface area contributed by atoms with Crippen LogP contribution in [0.15, 0.2) is 12.2 Å². The molecule has 1 rings (SSSR count). The minimum absolute atomic E-state index is 0.00111. The molecule has 1 aliphatic heterocycles. The van der Waals surface area contributed by atoms with Gasteiger partial charge in [-0.15, -0.1) is 0 Å². The minimum atomic E-state index is -4.22. The van der Waals surface area contributed by atoms with E-state index in [1.807, 2.05) is 0 Å². The Balaban J connectivity index is 2.22. The summed E-state index contributed by atoms with van der Waals surface area (Å²) in [5.74, 6) is -0.295. The Morgan fingerprint density at radius 2 is 2.26 bits per heavy atom. The van der Waals surface area contributed by atoms with Gasteiger partial charge in [0.25, 0.3) is 0 Å². The van der Waals surface area contributed by atoms with Crippen molar-refractivity contribution in [2.45, 2.75) is 25.1 Å². The zero-order valence-electron chi connectivity index (χ0n) is 10.9. The molecule has 1 aliphatic rings. The number of amides is 1. The van der Waals surface area contributed by atoms with Crippen LogP contribution in [0, 0.1) is 0 Å². The maximum atomic E-state index is 12.0. The van der Waals surface area contributed by atoms with Crippen molar-refractivity contribution in [2.75, 3.05) is 33.4 Å². The molecule has 1 amide bonds. The van der Waals surface area contributed by atoms with Crippen molar-refractivity contribution >= 4 is 5.91 Å². The van der Waals surface area contributed by atoms with Crippen molar-refractivity contribution in [3.8, 4) is 0 Å². The average molecular weight is 280 g/mol. The molecule has 1 heterocycles. The number of ether oxygens (including phenoxy) is 1. The maximum Gasteiger partial charge on any atom is 0.401 e. The third kappa shape index (κ3) is 7.84. The fourth-order valence-electron chi connectivity index (χ4n) is 1.81. The van der Waals surface area contributed by atoms with Gasteiger partial charge in [0.1, 0.15) is 0 Å². The second-order valence-electron chi connectivity index (χ2n) is 4.64. The number of halogens is 3. The zero-order chi connectivity index (χ0) is 14.3. The van der Waals surface area contributed by atoms with Crippen LogP contribution in [0.4, 0.5) is 13.2 Å². The molecule has 1 fully saturated rings. The molecule has 1 N–H and O–H groups in total. The van der Waals surface area contributed by atoms with Crippen LogP contribution in [-0.2, 0) is 9.53 Å². The van der Waals surface area contributed by atoms with Crippen molar-refractivity contribution in [2.24, 2.45) is 0 Å². The molecule has 7 heteroatoms. The molecule has 19 heavy (non-hydrogen) atoms. The first-order valence-corrected chi connectivity index (χ1v) is 6.17. The first kappa shape index (κ1) is 16.0. The Morgan fingerprint density at radius 1 is 1.53 bits per heavy atom. The van der Waals surface area contributed by atoms with Crippen LogP contribution in [0.3, 0.4) is 0 Å². The van der Waals surface area contributed by atoms with Gasteiger partial charge in [0.2, 0.25) is 5.91 Å². The SMILES string of the molecule is CN(C/C=C/C(=O)NC1CCCOC1)CC(F)(F)F. The highest BCUT2D eigenvalue weighted by molar-refractivity contribution is 5.87. The smallest absolute Gasteiger partial charge is 0.379 e. The number of nitrogens with zero attached hydrogens (tertiary/aromatic N) is 1. The molecule has 0 aromatic carbocycles. The minimum Gasteiger partial charge on any atom is -0.379 e. The highest BCUT2D eigenvalue weighted by atomic mass is 19.4. The van der Waals surface area contributed by atoms with Crippen LogP contribution < -0.4 is 5.32 Å². The van der Waals surface area contributed by atoms with Gasteiger partial charge < -0.3 is 10.1 Å². The molecule has 0 aromatic heterocycles. The molecule has 0 radical (unpaired) electrons. The number of nitrogens with one attached hydrogen (secondary N) is 1. The second kappa shape index (κ2) is 7.49. The molecule has 4 nitrogen and oxygen atoms in total. The second-order valence-corrected chi connectivity index (χ2v) is 4.64. The van der Waals surface area contributed by atoms with Gasteiger partial charge in [0.15, 0.2) is 0 Å². The van der Waals surface area contributed by atoms with E-state index in [1.165, 1.54) is 19.2 Å². The highest BCUT2D eigenvalue weighted by Crippen LogP contribution is 2.15. The number of likely N-dealkylation sites (N-methyl/N-ethyl adjacent to an activating group) is 1. The van der Waals surface area contributed by atoms with Crippen LogP contribution in [0.25, 0.3) is 0 Å². The Morgan fingerprint density at radius 3 is 2.84 bits per heavy atom. The van der Waals surface area contributed by atoms with Gasteiger partial charge in [0, 0.05) is 19.2 Å². The molecule has 0 bridgehead atoms. The Hall–Kier alpha value is -1.08. The summed E-state index contributed by atoms with van der Waals surface area (Å²) in [6, 6.07) is -0.00111. The largest absolute Gasteiger partial charge is 0.401 e. The molecule has 1 atom stereocenters. The molecule has 0 aromatic rings. The van der Waals surface area contributed by atoms with Gasteiger partial charge in [-0.2, -0.15) is 13.2 Å². The van der Waals surface area contributed by atoms with E-state index in [-0.39, 0.29) is 18.5 Å². The van der Waals surface area contributed by atoms with E-state index < -0.39 is 12.7 Å². The van der Waals surface area contributed by atoms with E-state index >= 15 is 0 Å². The van der Waals surface area contributed by atoms with Gasteiger partial charge in [-0.25, -0.2) is 0 Å². The number of hydrogen-bond acceptors (Lipinski definition) is 3. The fourth-order valence-corrected chi connectivity index (χ4v) is 1.81. The normalized spacial score (nSPS) is 21.0. The molecule has 110 valence electrons. The molecule has 0 saturated carbocycles.